The second kappa shape index (κ2) is 8.79. The second-order valence-corrected chi connectivity index (χ2v) is 7.73. The lowest BCUT2D eigenvalue weighted by Crippen LogP contribution is -2.42. The molecule has 3 heterocycles. The van der Waals surface area contributed by atoms with E-state index in [9.17, 15) is 9.50 Å². The van der Waals surface area contributed by atoms with Crippen LogP contribution in [0, 0.1) is 12.7 Å². The average Bonchev–Trinajstić information content (AvgIpc) is 3.16. The van der Waals surface area contributed by atoms with Gasteiger partial charge < -0.3 is 15.3 Å². The van der Waals surface area contributed by atoms with Crippen LogP contribution in [0.2, 0.25) is 0 Å². The summed E-state index contributed by atoms with van der Waals surface area (Å²) in [5.41, 5.74) is 2.83. The SMILES string of the molecule is Cc1c(C(C)Nc2cc(N3CCCCC3CO)ncn2)cnn1-c1ccc(F)cc1. The molecule has 0 amide bonds. The van der Waals surface area contributed by atoms with E-state index in [1.807, 2.05) is 19.2 Å². The molecule has 2 aromatic heterocycles. The van der Waals surface area contributed by atoms with Gasteiger partial charge in [-0.3, -0.25) is 0 Å². The van der Waals surface area contributed by atoms with Crippen LogP contribution in [-0.4, -0.2) is 44.0 Å². The molecule has 7 nitrogen and oxygen atoms in total. The van der Waals surface area contributed by atoms with Gasteiger partial charge in [-0.05, 0) is 57.4 Å². The number of anilines is 2. The van der Waals surface area contributed by atoms with Crippen molar-refractivity contribution >= 4 is 11.6 Å². The Hall–Kier alpha value is -3.00. The standard InChI is InChI=1S/C22H27FN6O/c1-15(20-12-26-29(16(20)2)18-8-6-17(23)7-9-18)27-21-11-22(25-14-24-21)28-10-4-3-5-19(28)13-30/h6-9,11-12,14-15,19,30H,3-5,10,13H2,1-2H3,(H,24,25,27). The minimum Gasteiger partial charge on any atom is -0.394 e. The van der Waals surface area contributed by atoms with Crippen molar-refractivity contribution in [1.29, 1.82) is 0 Å². The van der Waals surface area contributed by atoms with E-state index in [1.54, 1.807) is 23.1 Å². The number of hydrogen-bond acceptors (Lipinski definition) is 6. The van der Waals surface area contributed by atoms with Crippen LogP contribution < -0.4 is 10.2 Å². The molecule has 158 valence electrons. The molecule has 1 aliphatic heterocycles. The number of nitrogens with one attached hydrogen (secondary N) is 1. The fourth-order valence-corrected chi connectivity index (χ4v) is 4.06. The molecule has 30 heavy (non-hydrogen) atoms. The molecule has 2 atom stereocenters. The largest absolute Gasteiger partial charge is 0.394 e. The maximum Gasteiger partial charge on any atom is 0.134 e. The molecule has 1 aromatic carbocycles. The highest BCUT2D eigenvalue weighted by atomic mass is 19.1. The number of piperidine rings is 1. The van der Waals surface area contributed by atoms with Crippen LogP contribution >= 0.6 is 0 Å². The van der Waals surface area contributed by atoms with Crippen molar-refractivity contribution in [3.8, 4) is 5.69 Å². The van der Waals surface area contributed by atoms with Crippen molar-refractivity contribution in [3.63, 3.8) is 0 Å². The van der Waals surface area contributed by atoms with Crippen LogP contribution in [0.25, 0.3) is 5.69 Å². The van der Waals surface area contributed by atoms with Crippen molar-refractivity contribution in [2.75, 3.05) is 23.4 Å². The molecule has 0 radical (unpaired) electrons. The highest BCUT2D eigenvalue weighted by molar-refractivity contribution is 5.51. The van der Waals surface area contributed by atoms with Gasteiger partial charge in [0.1, 0.15) is 23.8 Å². The Labute approximate surface area is 175 Å². The van der Waals surface area contributed by atoms with Gasteiger partial charge in [0.25, 0.3) is 0 Å². The molecule has 1 aliphatic rings. The lowest BCUT2D eigenvalue weighted by Gasteiger charge is -2.35. The van der Waals surface area contributed by atoms with Gasteiger partial charge in [0.05, 0.1) is 30.6 Å². The molecule has 2 N–H and O–H groups in total. The van der Waals surface area contributed by atoms with Crippen LogP contribution in [0.15, 0.2) is 42.9 Å². The van der Waals surface area contributed by atoms with Crippen molar-refractivity contribution in [2.45, 2.75) is 45.2 Å². The molecule has 0 spiro atoms. The second-order valence-electron chi connectivity index (χ2n) is 7.73. The molecule has 8 heteroatoms. The minimum absolute atomic E-state index is 0.0306. The van der Waals surface area contributed by atoms with Gasteiger partial charge in [-0.2, -0.15) is 5.10 Å². The minimum atomic E-state index is -0.268. The van der Waals surface area contributed by atoms with Crippen molar-refractivity contribution in [3.05, 3.63) is 59.9 Å². The Morgan fingerprint density at radius 2 is 2.03 bits per heavy atom. The van der Waals surface area contributed by atoms with E-state index in [0.29, 0.717) is 0 Å². The Balaban J connectivity index is 1.52. The molecule has 0 bridgehead atoms. The Morgan fingerprint density at radius 3 is 2.80 bits per heavy atom. The molecule has 2 unspecified atom stereocenters. The molecule has 3 aromatic rings. The summed E-state index contributed by atoms with van der Waals surface area (Å²) in [6.07, 6.45) is 6.59. The highest BCUT2D eigenvalue weighted by Crippen LogP contribution is 2.27. The lowest BCUT2D eigenvalue weighted by atomic mass is 10.0. The van der Waals surface area contributed by atoms with Crippen molar-refractivity contribution < 1.29 is 9.50 Å². The predicted octanol–water partition coefficient (Wildman–Crippen LogP) is 3.63. The van der Waals surface area contributed by atoms with Crippen molar-refractivity contribution in [1.82, 2.24) is 19.7 Å². The van der Waals surface area contributed by atoms with Gasteiger partial charge >= 0.3 is 0 Å². The first kappa shape index (κ1) is 20.3. The summed E-state index contributed by atoms with van der Waals surface area (Å²) in [7, 11) is 0. The van der Waals surface area contributed by atoms with E-state index < -0.39 is 0 Å². The summed E-state index contributed by atoms with van der Waals surface area (Å²) in [4.78, 5) is 11.0. The van der Waals surface area contributed by atoms with E-state index in [4.69, 9.17) is 0 Å². The van der Waals surface area contributed by atoms with Crippen LogP contribution in [0.1, 0.15) is 43.5 Å². The van der Waals surface area contributed by atoms with E-state index in [0.717, 1.165) is 54.4 Å². The molecule has 0 saturated carbocycles. The van der Waals surface area contributed by atoms with E-state index in [1.165, 1.54) is 12.1 Å². The van der Waals surface area contributed by atoms with Crippen LogP contribution in [0.4, 0.5) is 16.0 Å². The van der Waals surface area contributed by atoms with Gasteiger partial charge in [0.2, 0.25) is 0 Å². The molecule has 1 fully saturated rings. The van der Waals surface area contributed by atoms with Gasteiger partial charge in [0.15, 0.2) is 0 Å². The fourth-order valence-electron chi connectivity index (χ4n) is 4.06. The fraction of sp³-hybridized carbons (Fsp3) is 0.409. The monoisotopic (exact) mass is 410 g/mol. The van der Waals surface area contributed by atoms with E-state index >= 15 is 0 Å². The Kier molecular flexibility index (Phi) is 5.94. The van der Waals surface area contributed by atoms with Crippen LogP contribution in [0.5, 0.6) is 0 Å². The summed E-state index contributed by atoms with van der Waals surface area (Å²) >= 11 is 0. The zero-order chi connectivity index (χ0) is 21.1. The highest BCUT2D eigenvalue weighted by Gasteiger charge is 2.23. The first-order valence-corrected chi connectivity index (χ1v) is 10.3. The summed E-state index contributed by atoms with van der Waals surface area (Å²) in [6.45, 7) is 5.07. The van der Waals surface area contributed by atoms with Gasteiger partial charge in [-0.25, -0.2) is 19.0 Å². The number of halogens is 1. The number of benzene rings is 1. The first-order chi connectivity index (χ1) is 14.6. The summed E-state index contributed by atoms with van der Waals surface area (Å²) in [5, 5.41) is 17.6. The van der Waals surface area contributed by atoms with E-state index in [-0.39, 0.29) is 24.5 Å². The third-order valence-electron chi connectivity index (χ3n) is 5.73. The lowest BCUT2D eigenvalue weighted by molar-refractivity contribution is 0.239. The maximum atomic E-state index is 13.2. The zero-order valence-electron chi connectivity index (χ0n) is 17.3. The topological polar surface area (TPSA) is 79.1 Å². The first-order valence-electron chi connectivity index (χ1n) is 10.3. The summed E-state index contributed by atoms with van der Waals surface area (Å²) in [6, 6.07) is 8.30. The quantitative estimate of drug-likeness (QED) is 0.646. The third-order valence-corrected chi connectivity index (χ3v) is 5.73. The molecule has 0 aliphatic carbocycles. The van der Waals surface area contributed by atoms with Crippen LogP contribution in [-0.2, 0) is 0 Å². The molecular formula is C22H27FN6O. The van der Waals surface area contributed by atoms with Crippen LogP contribution in [0.3, 0.4) is 0 Å². The smallest absolute Gasteiger partial charge is 0.134 e. The van der Waals surface area contributed by atoms with Gasteiger partial charge in [-0.15, -0.1) is 0 Å². The summed E-state index contributed by atoms with van der Waals surface area (Å²) in [5.74, 6) is 1.29. The predicted molar refractivity (Wildman–Crippen MR) is 114 cm³/mol. The Bertz CT molecular complexity index is 990. The number of aliphatic hydroxyl groups excluding tert-OH is 1. The number of rotatable bonds is 6. The average molecular weight is 410 g/mol. The number of hydrogen-bond donors (Lipinski definition) is 2. The van der Waals surface area contributed by atoms with Gasteiger partial charge in [-0.1, -0.05) is 0 Å². The van der Waals surface area contributed by atoms with E-state index in [2.05, 4.69) is 32.2 Å². The molecule has 1 saturated heterocycles. The molecule has 4 rings (SSSR count). The Morgan fingerprint density at radius 1 is 1.23 bits per heavy atom. The summed E-state index contributed by atoms with van der Waals surface area (Å²) < 4.78 is 15.0. The zero-order valence-corrected chi connectivity index (χ0v) is 17.3. The molecular weight excluding hydrogens is 383 g/mol. The number of aromatic nitrogens is 4. The van der Waals surface area contributed by atoms with Gasteiger partial charge in [0, 0.05) is 23.9 Å². The normalized spacial score (nSPS) is 17.7. The number of nitrogens with zero attached hydrogens (tertiary/aromatic N) is 5. The number of aliphatic hydroxyl groups is 1. The third kappa shape index (κ3) is 4.14. The maximum absolute atomic E-state index is 13.2. The van der Waals surface area contributed by atoms with Crippen molar-refractivity contribution in [2.24, 2.45) is 0 Å².